The van der Waals surface area contributed by atoms with E-state index in [1.165, 1.54) is 22.3 Å². The average molecular weight is 727 g/mol. The van der Waals surface area contributed by atoms with Crippen molar-refractivity contribution in [2.24, 2.45) is 22.7 Å². The Kier molecular flexibility index (Phi) is 16.2. The zero-order valence-electron chi connectivity index (χ0n) is 32.9. The second-order valence-corrected chi connectivity index (χ2v) is 19.8. The predicted molar refractivity (Wildman–Crippen MR) is 198 cm³/mol. The third kappa shape index (κ3) is 12.1. The van der Waals surface area contributed by atoms with Crippen molar-refractivity contribution in [2.75, 3.05) is 26.7 Å². The Labute approximate surface area is 301 Å². The van der Waals surface area contributed by atoms with E-state index in [1.807, 2.05) is 62.3 Å². The van der Waals surface area contributed by atoms with E-state index in [0.29, 0.717) is 12.8 Å². The molecule has 1 rings (SSSR count). The first kappa shape index (κ1) is 45.0. The lowest BCUT2D eigenvalue weighted by Crippen LogP contribution is -2.62. The van der Waals surface area contributed by atoms with Crippen LogP contribution in [0.25, 0.3) is 0 Å². The molecule has 14 heteroatoms. The van der Waals surface area contributed by atoms with Crippen LogP contribution in [0.5, 0.6) is 0 Å². The van der Waals surface area contributed by atoms with Crippen molar-refractivity contribution in [3.8, 4) is 0 Å². The van der Waals surface area contributed by atoms with Crippen LogP contribution in [0.3, 0.4) is 0 Å². The van der Waals surface area contributed by atoms with Crippen LogP contribution in [0, 0.1) is 22.7 Å². The van der Waals surface area contributed by atoms with Gasteiger partial charge in [-0.15, -0.1) is 6.58 Å². The molecule has 0 aromatic rings. The maximum absolute atomic E-state index is 14.4. The number of nitrogens with zero attached hydrogens (tertiary/aromatic N) is 2. The molecule has 1 aliphatic rings. The Balaban J connectivity index is 3.39. The number of sulfonamides is 1. The fourth-order valence-corrected chi connectivity index (χ4v) is 7.23. The molecule has 288 valence electrons. The van der Waals surface area contributed by atoms with E-state index in [-0.39, 0.29) is 37.9 Å². The van der Waals surface area contributed by atoms with Crippen molar-refractivity contribution in [2.45, 2.75) is 138 Å². The molecule has 1 aliphatic heterocycles. The number of amides is 5. The van der Waals surface area contributed by atoms with Gasteiger partial charge < -0.3 is 26.2 Å². The minimum atomic E-state index is -3.68. The van der Waals surface area contributed by atoms with Crippen LogP contribution in [0.15, 0.2) is 12.7 Å². The smallest absolute Gasteiger partial charge is 0.315 e. The molecular weight excluding hydrogens is 660 g/mol. The third-order valence-corrected chi connectivity index (χ3v) is 11.8. The van der Waals surface area contributed by atoms with Crippen LogP contribution >= 0.6 is 0 Å². The van der Waals surface area contributed by atoms with Crippen LogP contribution in [0.2, 0.25) is 0 Å². The van der Waals surface area contributed by atoms with E-state index in [4.69, 9.17) is 0 Å². The topological polar surface area (TPSA) is 174 Å². The summed E-state index contributed by atoms with van der Waals surface area (Å²) in [6.45, 7) is 25.8. The molecule has 4 N–H and O–H groups in total. The number of nitrogens with one attached hydrogen (secondary N) is 4. The molecule has 0 aromatic carbocycles. The summed E-state index contributed by atoms with van der Waals surface area (Å²) in [4.78, 5) is 69.2. The molecule has 0 aromatic heterocycles. The van der Waals surface area contributed by atoms with Crippen LogP contribution in [0.1, 0.15) is 109 Å². The quantitative estimate of drug-likeness (QED) is 0.139. The molecule has 0 radical (unpaired) electrons. The zero-order valence-corrected chi connectivity index (χ0v) is 33.7. The molecule has 0 saturated carbocycles. The van der Waals surface area contributed by atoms with Gasteiger partial charge in [-0.25, -0.2) is 17.5 Å². The third-order valence-electron chi connectivity index (χ3n) is 9.33. The van der Waals surface area contributed by atoms with Crippen molar-refractivity contribution < 1.29 is 32.4 Å². The van der Waals surface area contributed by atoms with Gasteiger partial charge in [0, 0.05) is 32.7 Å². The molecule has 0 spiro atoms. The van der Waals surface area contributed by atoms with Gasteiger partial charge in [-0.2, -0.15) is 0 Å². The van der Waals surface area contributed by atoms with Gasteiger partial charge in [-0.05, 0) is 56.3 Å². The largest absolute Gasteiger partial charge is 0.346 e. The molecule has 0 aliphatic carbocycles. The van der Waals surface area contributed by atoms with Crippen molar-refractivity contribution in [3.05, 3.63) is 12.7 Å². The highest BCUT2D eigenvalue weighted by Gasteiger charge is 2.48. The summed E-state index contributed by atoms with van der Waals surface area (Å²) in [5, 5.41) is 11.0. The summed E-state index contributed by atoms with van der Waals surface area (Å²) in [6, 6.07) is -4.30. The SMILES string of the molecule is C=CCNC(=O)C(=O)C(CCCC)NC(=O)[C@@H]1C(C(C)C)CCN1C(=O)[C@@H](NC(=O)N[C@H](CN(C)S(=O)(=O)C(C)(C)C)C(C)(C)C)C(C)(C)C. The normalized spacial score (nSPS) is 19.1. The second-order valence-electron chi connectivity index (χ2n) is 17.0. The monoisotopic (exact) mass is 726 g/mol. The van der Waals surface area contributed by atoms with Crippen LogP contribution in [-0.2, 0) is 29.2 Å². The summed E-state index contributed by atoms with van der Waals surface area (Å²) < 4.78 is 26.4. The Morgan fingerprint density at radius 3 is 1.98 bits per heavy atom. The fraction of sp³-hybridized carbons (Fsp3) is 0.806. The molecular formula is C36H66N6O7S. The molecule has 50 heavy (non-hydrogen) atoms. The van der Waals surface area contributed by atoms with E-state index in [1.54, 1.807) is 20.8 Å². The molecule has 1 saturated heterocycles. The number of urea groups is 1. The van der Waals surface area contributed by atoms with Crippen molar-refractivity contribution in [1.82, 2.24) is 30.5 Å². The number of hydrogen-bond donors (Lipinski definition) is 4. The Bertz CT molecular complexity index is 1330. The number of carbonyl (C=O) groups is 5. The fourth-order valence-electron chi connectivity index (χ4n) is 5.95. The summed E-state index contributed by atoms with van der Waals surface area (Å²) in [7, 11) is -2.19. The van der Waals surface area contributed by atoms with Crippen LogP contribution in [-0.4, -0.2) is 103 Å². The Morgan fingerprint density at radius 2 is 1.52 bits per heavy atom. The molecule has 5 amide bonds. The van der Waals surface area contributed by atoms with Gasteiger partial charge in [0.1, 0.15) is 12.1 Å². The summed E-state index contributed by atoms with van der Waals surface area (Å²) in [5.41, 5.74) is -1.32. The van der Waals surface area contributed by atoms with Crippen LogP contribution in [0.4, 0.5) is 4.79 Å². The maximum Gasteiger partial charge on any atom is 0.315 e. The van der Waals surface area contributed by atoms with Crippen molar-refractivity contribution in [3.63, 3.8) is 0 Å². The van der Waals surface area contributed by atoms with Gasteiger partial charge in [-0.3, -0.25) is 19.2 Å². The van der Waals surface area contributed by atoms with E-state index in [2.05, 4.69) is 27.8 Å². The van der Waals surface area contributed by atoms with E-state index < -0.39 is 79.3 Å². The number of carbonyl (C=O) groups excluding carboxylic acids is 5. The Morgan fingerprint density at radius 1 is 0.940 bits per heavy atom. The molecule has 5 atom stereocenters. The average Bonchev–Trinajstić information content (AvgIpc) is 3.44. The molecule has 2 unspecified atom stereocenters. The summed E-state index contributed by atoms with van der Waals surface area (Å²) in [6.07, 6.45) is 3.61. The first-order chi connectivity index (χ1) is 22.7. The van der Waals surface area contributed by atoms with Gasteiger partial charge in [0.25, 0.3) is 5.91 Å². The highest BCUT2D eigenvalue weighted by atomic mass is 32.2. The summed E-state index contributed by atoms with van der Waals surface area (Å²) >= 11 is 0. The molecule has 1 fully saturated rings. The number of hydrogen-bond acceptors (Lipinski definition) is 7. The van der Waals surface area contributed by atoms with E-state index in [0.717, 1.165) is 6.42 Å². The van der Waals surface area contributed by atoms with Gasteiger partial charge in [0.2, 0.25) is 27.6 Å². The number of likely N-dealkylation sites (tertiary alicyclic amines) is 1. The minimum absolute atomic E-state index is 0.0125. The lowest BCUT2D eigenvalue weighted by Gasteiger charge is -2.39. The van der Waals surface area contributed by atoms with Crippen molar-refractivity contribution in [1.29, 1.82) is 0 Å². The molecule has 13 nitrogen and oxygen atoms in total. The second kappa shape index (κ2) is 18.0. The number of likely N-dealkylation sites (N-methyl/N-ethyl adjacent to an activating group) is 1. The highest BCUT2D eigenvalue weighted by Crippen LogP contribution is 2.34. The first-order valence-corrected chi connectivity index (χ1v) is 19.2. The lowest BCUT2D eigenvalue weighted by atomic mass is 9.84. The minimum Gasteiger partial charge on any atom is -0.346 e. The van der Waals surface area contributed by atoms with Gasteiger partial charge in [0.15, 0.2) is 0 Å². The van der Waals surface area contributed by atoms with Gasteiger partial charge in [-0.1, -0.05) is 81.2 Å². The highest BCUT2D eigenvalue weighted by molar-refractivity contribution is 7.90. The lowest BCUT2D eigenvalue weighted by molar-refractivity contribution is -0.144. The maximum atomic E-state index is 14.4. The van der Waals surface area contributed by atoms with Crippen molar-refractivity contribution >= 4 is 39.6 Å². The number of unbranched alkanes of at least 4 members (excludes halogenated alkanes) is 1. The molecule has 1 heterocycles. The van der Waals surface area contributed by atoms with Gasteiger partial charge >= 0.3 is 6.03 Å². The number of ketones is 1. The van der Waals surface area contributed by atoms with E-state index in [9.17, 15) is 32.4 Å². The predicted octanol–water partition coefficient (Wildman–Crippen LogP) is 3.59. The zero-order chi connectivity index (χ0) is 39.0. The Hall–Kier alpha value is -3.00. The number of Topliss-reactive ketones (excluding diaryl/α,β-unsaturated/α-hetero) is 1. The van der Waals surface area contributed by atoms with Crippen LogP contribution < -0.4 is 21.3 Å². The standard InChI is InChI=1S/C36H66N6O7S/c1-15-17-18-25(28(43)31(45)37-20-16-2)38-30(44)27-24(23(3)4)19-21-42(27)32(46)29(35(8,9)10)40-33(47)39-26(34(5,6)7)22-41(14)50(48,49)36(11,12)13/h16,23-27,29H,2,15,17-22H2,1,3-14H3,(H,37,45)(H,38,44)(H2,39,40,47)/t24?,25?,26-,27+,29-/m1/s1. The van der Waals surface area contributed by atoms with Gasteiger partial charge in [0.05, 0.1) is 10.8 Å². The first-order valence-electron chi connectivity index (χ1n) is 17.8. The number of rotatable bonds is 16. The summed E-state index contributed by atoms with van der Waals surface area (Å²) in [5.74, 6) is -2.75. The van der Waals surface area contributed by atoms with E-state index >= 15 is 0 Å². The molecule has 0 bridgehead atoms.